The van der Waals surface area contributed by atoms with Crippen LogP contribution in [-0.4, -0.2) is 47.0 Å². The predicted octanol–water partition coefficient (Wildman–Crippen LogP) is 4.04. The van der Waals surface area contributed by atoms with Crippen LogP contribution >= 0.6 is 0 Å². The van der Waals surface area contributed by atoms with Crippen LogP contribution in [0.25, 0.3) is 0 Å². The van der Waals surface area contributed by atoms with Crippen molar-refractivity contribution in [3.8, 4) is 0 Å². The SMILES string of the molecule is CC(C)(C)OC[C@H]1[C@@H](C2=CCCC2)OC(=O)N1C(=O)OC(C)(C)C. The molecule has 6 nitrogen and oxygen atoms in total. The number of carbonyl (C=O) groups is 2. The highest BCUT2D eigenvalue weighted by atomic mass is 16.6. The Morgan fingerprint density at radius 1 is 1.25 bits per heavy atom. The van der Waals surface area contributed by atoms with E-state index in [1.54, 1.807) is 20.8 Å². The van der Waals surface area contributed by atoms with Crippen molar-refractivity contribution in [2.75, 3.05) is 6.61 Å². The first-order chi connectivity index (χ1) is 11.0. The third-order valence-corrected chi connectivity index (χ3v) is 3.82. The van der Waals surface area contributed by atoms with Crippen molar-refractivity contribution in [1.29, 1.82) is 0 Å². The summed E-state index contributed by atoms with van der Waals surface area (Å²) in [5.41, 5.74) is 0.00841. The number of nitrogens with zero attached hydrogens (tertiary/aromatic N) is 1. The lowest BCUT2D eigenvalue weighted by molar-refractivity contribution is -0.0345. The lowest BCUT2D eigenvalue weighted by Gasteiger charge is -2.29. The molecule has 2 aliphatic rings. The molecule has 2 rings (SSSR count). The number of allylic oxidation sites excluding steroid dienone is 1. The molecule has 2 amide bonds. The summed E-state index contributed by atoms with van der Waals surface area (Å²) >= 11 is 0. The minimum absolute atomic E-state index is 0.219. The second-order valence-corrected chi connectivity index (χ2v) is 8.32. The van der Waals surface area contributed by atoms with Gasteiger partial charge in [0.1, 0.15) is 17.7 Å². The van der Waals surface area contributed by atoms with Crippen molar-refractivity contribution in [1.82, 2.24) is 4.90 Å². The minimum Gasteiger partial charge on any atom is -0.443 e. The van der Waals surface area contributed by atoms with E-state index in [1.807, 2.05) is 20.8 Å². The van der Waals surface area contributed by atoms with E-state index in [0.717, 1.165) is 29.7 Å². The van der Waals surface area contributed by atoms with Crippen LogP contribution in [0.4, 0.5) is 9.59 Å². The van der Waals surface area contributed by atoms with E-state index in [2.05, 4.69) is 6.08 Å². The average Bonchev–Trinajstić information content (AvgIpc) is 3.00. The van der Waals surface area contributed by atoms with Gasteiger partial charge in [-0.05, 0) is 66.4 Å². The van der Waals surface area contributed by atoms with Crippen molar-refractivity contribution in [2.24, 2.45) is 0 Å². The molecule has 0 unspecified atom stereocenters. The van der Waals surface area contributed by atoms with E-state index in [-0.39, 0.29) is 12.2 Å². The number of hydrogen-bond acceptors (Lipinski definition) is 5. The maximum absolute atomic E-state index is 12.5. The second-order valence-electron chi connectivity index (χ2n) is 8.32. The van der Waals surface area contributed by atoms with E-state index in [9.17, 15) is 9.59 Å². The predicted molar refractivity (Wildman–Crippen MR) is 89.8 cm³/mol. The van der Waals surface area contributed by atoms with Crippen molar-refractivity contribution < 1.29 is 23.8 Å². The molecule has 1 heterocycles. The molecule has 0 radical (unpaired) electrons. The third kappa shape index (κ3) is 4.72. The molecule has 136 valence electrons. The van der Waals surface area contributed by atoms with Gasteiger partial charge in [0, 0.05) is 0 Å². The molecule has 0 aromatic rings. The standard InChI is InChI=1S/C18H29NO5/c1-17(2,3)22-11-13-14(12-9-7-8-10-12)23-15(20)19(13)16(21)24-18(4,5)6/h9,13-14H,7-8,10-11H2,1-6H3/t13-,14+/m0/s1. The van der Waals surface area contributed by atoms with E-state index in [1.165, 1.54) is 0 Å². The van der Waals surface area contributed by atoms with Gasteiger partial charge in [-0.15, -0.1) is 0 Å². The number of cyclic esters (lactones) is 1. The fourth-order valence-corrected chi connectivity index (χ4v) is 2.81. The first kappa shape index (κ1) is 18.8. The molecule has 6 heteroatoms. The monoisotopic (exact) mass is 339 g/mol. The Morgan fingerprint density at radius 3 is 2.42 bits per heavy atom. The molecule has 2 atom stereocenters. The van der Waals surface area contributed by atoms with Crippen LogP contribution in [0.15, 0.2) is 11.6 Å². The zero-order valence-corrected chi connectivity index (χ0v) is 15.5. The van der Waals surface area contributed by atoms with Gasteiger partial charge in [-0.2, -0.15) is 0 Å². The zero-order valence-electron chi connectivity index (χ0n) is 15.5. The molecule has 0 spiro atoms. The Hall–Kier alpha value is -1.56. The Balaban J connectivity index is 2.21. The molecule has 0 saturated carbocycles. The van der Waals surface area contributed by atoms with E-state index >= 15 is 0 Å². The molecule has 0 N–H and O–H groups in total. The largest absolute Gasteiger partial charge is 0.443 e. The van der Waals surface area contributed by atoms with E-state index in [0.29, 0.717) is 0 Å². The van der Waals surface area contributed by atoms with E-state index in [4.69, 9.17) is 14.2 Å². The van der Waals surface area contributed by atoms with Gasteiger partial charge in [0.25, 0.3) is 0 Å². The lowest BCUT2D eigenvalue weighted by Crippen LogP contribution is -2.47. The van der Waals surface area contributed by atoms with Gasteiger partial charge in [-0.3, -0.25) is 0 Å². The maximum atomic E-state index is 12.5. The molecule has 1 saturated heterocycles. The Bertz CT molecular complexity index is 527. The summed E-state index contributed by atoms with van der Waals surface area (Å²) in [6, 6.07) is -0.504. The highest BCUT2D eigenvalue weighted by Gasteiger charge is 2.49. The molecule has 0 bridgehead atoms. The molecule has 0 aromatic carbocycles. The first-order valence-electron chi connectivity index (χ1n) is 8.54. The third-order valence-electron chi connectivity index (χ3n) is 3.82. The van der Waals surface area contributed by atoms with Crippen LogP contribution in [0.5, 0.6) is 0 Å². The summed E-state index contributed by atoms with van der Waals surface area (Å²) < 4.78 is 16.7. The summed E-state index contributed by atoms with van der Waals surface area (Å²) in [6.07, 6.45) is 3.20. The number of imide groups is 1. The van der Waals surface area contributed by atoms with Crippen molar-refractivity contribution in [2.45, 2.75) is 84.2 Å². The van der Waals surface area contributed by atoms with Gasteiger partial charge in [-0.1, -0.05) is 6.08 Å². The smallest absolute Gasteiger partial charge is 0.420 e. The number of amides is 2. The Morgan fingerprint density at radius 2 is 1.92 bits per heavy atom. The summed E-state index contributed by atoms with van der Waals surface area (Å²) in [4.78, 5) is 25.9. The van der Waals surface area contributed by atoms with Gasteiger partial charge in [0.05, 0.1) is 12.2 Å². The Kier molecular flexibility index (Phi) is 5.28. The van der Waals surface area contributed by atoms with E-state index < -0.39 is 29.9 Å². The van der Waals surface area contributed by atoms with Crippen molar-refractivity contribution in [3.63, 3.8) is 0 Å². The molecular weight excluding hydrogens is 310 g/mol. The van der Waals surface area contributed by atoms with Crippen LogP contribution in [0.1, 0.15) is 60.8 Å². The summed E-state index contributed by atoms with van der Waals surface area (Å²) in [5, 5.41) is 0. The first-order valence-corrected chi connectivity index (χ1v) is 8.54. The van der Waals surface area contributed by atoms with Crippen LogP contribution in [0.2, 0.25) is 0 Å². The molecule has 0 aromatic heterocycles. The number of ether oxygens (including phenoxy) is 3. The zero-order chi connectivity index (χ0) is 18.1. The normalized spacial score (nSPS) is 24.8. The van der Waals surface area contributed by atoms with Gasteiger partial charge in [0.2, 0.25) is 0 Å². The molecule has 1 aliphatic carbocycles. The maximum Gasteiger partial charge on any atom is 0.420 e. The minimum atomic E-state index is -0.684. The number of rotatable bonds is 3. The van der Waals surface area contributed by atoms with Gasteiger partial charge < -0.3 is 14.2 Å². The topological polar surface area (TPSA) is 65.1 Å². The van der Waals surface area contributed by atoms with Crippen LogP contribution < -0.4 is 0 Å². The van der Waals surface area contributed by atoms with Gasteiger partial charge >= 0.3 is 12.2 Å². The second kappa shape index (κ2) is 6.75. The highest BCUT2D eigenvalue weighted by Crippen LogP contribution is 2.33. The fraction of sp³-hybridized carbons (Fsp3) is 0.778. The fourth-order valence-electron chi connectivity index (χ4n) is 2.81. The number of hydrogen-bond donors (Lipinski definition) is 0. The van der Waals surface area contributed by atoms with Gasteiger partial charge in [0.15, 0.2) is 0 Å². The number of carbonyl (C=O) groups excluding carboxylic acids is 2. The van der Waals surface area contributed by atoms with Crippen LogP contribution in [0.3, 0.4) is 0 Å². The molecular formula is C18H29NO5. The van der Waals surface area contributed by atoms with Crippen molar-refractivity contribution >= 4 is 12.2 Å². The summed E-state index contributed by atoms with van der Waals surface area (Å²) in [6.45, 7) is 11.3. The lowest BCUT2D eigenvalue weighted by atomic mass is 10.0. The summed E-state index contributed by atoms with van der Waals surface area (Å²) in [7, 11) is 0. The molecule has 1 aliphatic heterocycles. The van der Waals surface area contributed by atoms with Crippen molar-refractivity contribution in [3.05, 3.63) is 11.6 Å². The van der Waals surface area contributed by atoms with Crippen LogP contribution in [0, 0.1) is 0 Å². The molecule has 1 fully saturated rings. The van der Waals surface area contributed by atoms with Gasteiger partial charge in [-0.25, -0.2) is 14.5 Å². The highest BCUT2D eigenvalue weighted by molar-refractivity contribution is 5.90. The Labute approximate surface area is 144 Å². The average molecular weight is 339 g/mol. The van der Waals surface area contributed by atoms with Crippen LogP contribution in [-0.2, 0) is 14.2 Å². The summed E-state index contributed by atoms with van der Waals surface area (Å²) in [5.74, 6) is 0. The molecule has 24 heavy (non-hydrogen) atoms. The quantitative estimate of drug-likeness (QED) is 0.726.